The van der Waals surface area contributed by atoms with Gasteiger partial charge in [-0.05, 0) is 60.8 Å². The van der Waals surface area contributed by atoms with Crippen molar-refractivity contribution in [1.82, 2.24) is 0 Å². The summed E-state index contributed by atoms with van der Waals surface area (Å²) in [6, 6.07) is 1.96. The summed E-state index contributed by atoms with van der Waals surface area (Å²) in [5, 5.41) is 13.1. The molecule has 1 spiro atoms. The van der Waals surface area contributed by atoms with Crippen LogP contribution in [0.25, 0.3) is 0 Å². The highest BCUT2D eigenvalue weighted by molar-refractivity contribution is 9.10. The van der Waals surface area contributed by atoms with Gasteiger partial charge in [0.15, 0.2) is 5.75 Å². The first-order valence-electron chi connectivity index (χ1n) is 6.84. The molecule has 0 fully saturated rings. The summed E-state index contributed by atoms with van der Waals surface area (Å²) < 4.78 is 12.0. The van der Waals surface area contributed by atoms with E-state index in [1.807, 2.05) is 19.9 Å². The Balaban J connectivity index is 2.21. The third-order valence-electron chi connectivity index (χ3n) is 3.91. The number of aliphatic hydroxyl groups excluding tert-OH is 1. The van der Waals surface area contributed by atoms with Crippen molar-refractivity contribution in [2.75, 3.05) is 5.32 Å². The summed E-state index contributed by atoms with van der Waals surface area (Å²) in [7, 11) is 0. The largest absolute Gasteiger partial charge is 0.512 e. The van der Waals surface area contributed by atoms with Crippen molar-refractivity contribution >= 4 is 27.6 Å². The molecule has 0 amide bonds. The predicted molar refractivity (Wildman–Crippen MR) is 85.8 cm³/mol. The highest BCUT2D eigenvalue weighted by atomic mass is 79.9. The number of esters is 1. The zero-order valence-electron chi connectivity index (χ0n) is 12.7. The van der Waals surface area contributed by atoms with E-state index in [1.54, 1.807) is 13.0 Å². The van der Waals surface area contributed by atoms with E-state index < -0.39 is 11.7 Å². The molecule has 2 aliphatic heterocycles. The van der Waals surface area contributed by atoms with Crippen molar-refractivity contribution in [3.05, 3.63) is 44.8 Å². The lowest BCUT2D eigenvalue weighted by Crippen LogP contribution is -2.47. The van der Waals surface area contributed by atoms with Crippen molar-refractivity contribution in [3.8, 4) is 5.75 Å². The minimum absolute atomic E-state index is 0.0523. The minimum Gasteiger partial charge on any atom is -0.512 e. The molecule has 5 nitrogen and oxygen atoms in total. The monoisotopic (exact) mass is 365 g/mol. The van der Waals surface area contributed by atoms with Crippen LogP contribution in [-0.2, 0) is 9.53 Å². The summed E-state index contributed by atoms with van der Waals surface area (Å²) in [6.07, 6.45) is 1.65. The van der Waals surface area contributed by atoms with E-state index >= 15 is 0 Å². The quantitative estimate of drug-likeness (QED) is 0.415. The Kier molecular flexibility index (Phi) is 3.25. The van der Waals surface area contributed by atoms with Gasteiger partial charge in [0.1, 0.15) is 17.1 Å². The van der Waals surface area contributed by atoms with Crippen LogP contribution in [0.4, 0.5) is 5.69 Å². The van der Waals surface area contributed by atoms with E-state index in [9.17, 15) is 9.90 Å². The van der Waals surface area contributed by atoms with E-state index in [4.69, 9.17) is 9.47 Å². The van der Waals surface area contributed by atoms with Gasteiger partial charge in [-0.2, -0.15) is 0 Å². The number of carbonyl (C=O) groups is 1. The molecule has 2 heterocycles. The topological polar surface area (TPSA) is 67.8 Å². The van der Waals surface area contributed by atoms with Gasteiger partial charge in [-0.25, -0.2) is 4.79 Å². The maximum Gasteiger partial charge on any atom is 0.349 e. The number of hydrogen-bond donors (Lipinski definition) is 2. The molecule has 2 aliphatic rings. The van der Waals surface area contributed by atoms with Gasteiger partial charge in [-0.15, -0.1) is 0 Å². The van der Waals surface area contributed by atoms with E-state index in [0.717, 1.165) is 21.3 Å². The zero-order valence-corrected chi connectivity index (χ0v) is 14.3. The molecule has 0 aromatic heterocycles. The molecule has 1 atom stereocenters. The molecule has 1 aromatic carbocycles. The number of aliphatic hydroxyl groups is 1. The maximum atomic E-state index is 12.2. The highest BCUT2D eigenvalue weighted by Crippen LogP contribution is 2.49. The second-order valence-electron chi connectivity index (χ2n) is 5.58. The van der Waals surface area contributed by atoms with Gasteiger partial charge < -0.3 is 19.9 Å². The smallest absolute Gasteiger partial charge is 0.349 e. The Morgan fingerprint density at radius 3 is 2.68 bits per heavy atom. The lowest BCUT2D eigenvalue weighted by atomic mass is 9.98. The number of rotatable bonds is 0. The van der Waals surface area contributed by atoms with Crippen LogP contribution in [0, 0.1) is 13.8 Å². The molecule has 116 valence electrons. The Morgan fingerprint density at radius 2 is 2.05 bits per heavy atom. The second-order valence-corrected chi connectivity index (χ2v) is 6.37. The number of hydrogen-bond acceptors (Lipinski definition) is 5. The fourth-order valence-corrected chi connectivity index (χ4v) is 3.37. The third-order valence-corrected chi connectivity index (χ3v) is 4.86. The number of allylic oxidation sites excluding steroid dienone is 2. The van der Waals surface area contributed by atoms with Gasteiger partial charge in [-0.3, -0.25) is 0 Å². The van der Waals surface area contributed by atoms with E-state index in [1.165, 1.54) is 6.92 Å². The lowest BCUT2D eigenvalue weighted by Gasteiger charge is -2.31. The normalized spacial score (nSPS) is 25.1. The number of benzene rings is 1. The van der Waals surface area contributed by atoms with Gasteiger partial charge in [0.25, 0.3) is 0 Å². The van der Waals surface area contributed by atoms with Gasteiger partial charge in [0, 0.05) is 6.08 Å². The molecule has 3 rings (SSSR count). The summed E-state index contributed by atoms with van der Waals surface area (Å²) >= 11 is 3.54. The Morgan fingerprint density at radius 1 is 1.36 bits per heavy atom. The second kappa shape index (κ2) is 4.78. The number of anilines is 1. The standard InChI is InChI=1S/C16H16BrNO4/c1-7-5-11-14(13(17)9(7)3)22-16(18-11)6-8(2)21-15(20)12(16)10(4)19/h5-6,18-19H,1-4H3/t16-/m1/s1. The number of halogens is 1. The van der Waals surface area contributed by atoms with E-state index in [0.29, 0.717) is 11.5 Å². The molecule has 0 aliphatic carbocycles. The van der Waals surface area contributed by atoms with Gasteiger partial charge in [0.2, 0.25) is 5.72 Å². The van der Waals surface area contributed by atoms with Crippen LogP contribution in [0.15, 0.2) is 33.7 Å². The van der Waals surface area contributed by atoms with Crippen LogP contribution in [-0.4, -0.2) is 16.8 Å². The van der Waals surface area contributed by atoms with Crippen LogP contribution in [0.1, 0.15) is 25.0 Å². The van der Waals surface area contributed by atoms with E-state index in [-0.39, 0.29) is 11.3 Å². The molecule has 0 saturated heterocycles. The van der Waals surface area contributed by atoms with Crippen LogP contribution in [0.5, 0.6) is 5.75 Å². The maximum absolute atomic E-state index is 12.2. The summed E-state index contributed by atoms with van der Waals surface area (Å²) in [5.74, 6) is 0.268. The summed E-state index contributed by atoms with van der Waals surface area (Å²) in [6.45, 7) is 7.09. The number of ether oxygens (including phenoxy) is 2. The van der Waals surface area contributed by atoms with Crippen LogP contribution < -0.4 is 10.1 Å². The van der Waals surface area contributed by atoms with Crippen molar-refractivity contribution in [2.24, 2.45) is 0 Å². The Hall–Kier alpha value is -1.95. The Labute approximate surface area is 136 Å². The summed E-state index contributed by atoms with van der Waals surface area (Å²) in [4.78, 5) is 12.2. The van der Waals surface area contributed by atoms with Crippen molar-refractivity contribution < 1.29 is 19.4 Å². The number of cyclic esters (lactones) is 1. The molecule has 0 radical (unpaired) electrons. The molecular weight excluding hydrogens is 350 g/mol. The molecule has 2 N–H and O–H groups in total. The van der Waals surface area contributed by atoms with Crippen LogP contribution in [0.2, 0.25) is 0 Å². The number of carbonyl (C=O) groups excluding carboxylic acids is 1. The van der Waals surface area contributed by atoms with Gasteiger partial charge in [0.05, 0.1) is 10.2 Å². The molecule has 1 aromatic rings. The lowest BCUT2D eigenvalue weighted by molar-refractivity contribution is -0.138. The van der Waals surface area contributed by atoms with E-state index in [2.05, 4.69) is 21.2 Å². The predicted octanol–water partition coefficient (Wildman–Crippen LogP) is 3.86. The SMILES string of the molecule is CC1=C[C@]2(Nc3cc(C)c(C)c(Br)c3O2)C(=C(C)O)C(=O)O1. The average molecular weight is 366 g/mol. The zero-order chi connectivity index (χ0) is 16.2. The van der Waals surface area contributed by atoms with Crippen LogP contribution in [0.3, 0.4) is 0 Å². The first-order chi connectivity index (χ1) is 10.2. The molecule has 0 unspecified atom stereocenters. The third kappa shape index (κ3) is 2.01. The first-order valence-corrected chi connectivity index (χ1v) is 7.63. The number of fused-ring (bicyclic) bond motifs is 1. The Bertz CT molecular complexity index is 762. The fourth-order valence-electron chi connectivity index (χ4n) is 2.76. The van der Waals surface area contributed by atoms with Crippen molar-refractivity contribution in [1.29, 1.82) is 0 Å². The van der Waals surface area contributed by atoms with Crippen molar-refractivity contribution in [3.63, 3.8) is 0 Å². The number of nitrogens with one attached hydrogen (secondary N) is 1. The molecule has 22 heavy (non-hydrogen) atoms. The first kappa shape index (κ1) is 15.0. The van der Waals surface area contributed by atoms with Crippen molar-refractivity contribution in [2.45, 2.75) is 33.4 Å². The average Bonchev–Trinajstić information content (AvgIpc) is 2.73. The highest BCUT2D eigenvalue weighted by Gasteiger charge is 2.50. The van der Waals surface area contributed by atoms with Crippen LogP contribution >= 0.6 is 15.9 Å². The van der Waals surface area contributed by atoms with Gasteiger partial charge in [-0.1, -0.05) is 0 Å². The minimum atomic E-state index is -1.25. The fraction of sp³-hybridized carbons (Fsp3) is 0.312. The summed E-state index contributed by atoms with van der Waals surface area (Å²) in [5.41, 5.74) is 1.71. The molecule has 0 bridgehead atoms. The van der Waals surface area contributed by atoms with Gasteiger partial charge >= 0.3 is 5.97 Å². The number of aryl methyl sites for hydroxylation is 1. The molecule has 0 saturated carbocycles. The molecule has 6 heteroatoms. The molecular formula is C16H16BrNO4.